The van der Waals surface area contributed by atoms with Crippen molar-refractivity contribution in [3.8, 4) is 0 Å². The lowest BCUT2D eigenvalue weighted by Crippen LogP contribution is -2.53. The largest absolute Gasteiger partial charge is 0.470 e. The van der Waals surface area contributed by atoms with Gasteiger partial charge in [-0.3, -0.25) is 14.5 Å². The van der Waals surface area contributed by atoms with Gasteiger partial charge in [0.25, 0.3) is 5.91 Å². The molecule has 1 aromatic carbocycles. The molecule has 4 rings (SSSR count). The average molecular weight is 514 g/mol. The molecule has 0 bridgehead atoms. The third kappa shape index (κ3) is 7.69. The van der Waals surface area contributed by atoms with E-state index in [1.807, 2.05) is 23.1 Å². The molecule has 9 nitrogen and oxygen atoms in total. The predicted molar refractivity (Wildman–Crippen MR) is 144 cm³/mol. The number of carbonyl (C=O) groups excluding carboxylic acids is 2. The van der Waals surface area contributed by atoms with Gasteiger partial charge in [-0.25, -0.2) is 0 Å². The molecular weight excluding hydrogens is 470 g/mol. The van der Waals surface area contributed by atoms with Crippen molar-refractivity contribution in [1.82, 2.24) is 19.6 Å². The number of carbonyl (C=O) groups is 2. The lowest BCUT2D eigenvalue weighted by atomic mass is 10.0. The molecule has 3 aliphatic heterocycles. The van der Waals surface area contributed by atoms with Crippen LogP contribution >= 0.6 is 0 Å². The summed E-state index contributed by atoms with van der Waals surface area (Å²) < 4.78 is 11.3. The van der Waals surface area contributed by atoms with Crippen molar-refractivity contribution in [3.63, 3.8) is 0 Å². The molecule has 2 amide bonds. The van der Waals surface area contributed by atoms with Crippen LogP contribution < -0.4 is 5.32 Å². The third-order valence-electron chi connectivity index (χ3n) is 8.14. The number of anilines is 1. The summed E-state index contributed by atoms with van der Waals surface area (Å²) in [4.78, 5) is 32.6. The van der Waals surface area contributed by atoms with Gasteiger partial charge in [-0.1, -0.05) is 18.2 Å². The minimum atomic E-state index is 0.0479. The van der Waals surface area contributed by atoms with Crippen molar-refractivity contribution in [2.24, 2.45) is 0 Å². The number of nitrogens with zero attached hydrogens (tertiary/aromatic N) is 4. The van der Waals surface area contributed by atoms with Gasteiger partial charge in [0.05, 0.1) is 0 Å². The molecule has 9 heteroatoms. The summed E-state index contributed by atoms with van der Waals surface area (Å²) in [6.45, 7) is 11.9. The zero-order valence-electron chi connectivity index (χ0n) is 22.3. The molecule has 0 aliphatic carbocycles. The number of rotatable bonds is 11. The first-order valence-electron chi connectivity index (χ1n) is 13.7. The van der Waals surface area contributed by atoms with E-state index in [4.69, 9.17) is 9.47 Å². The summed E-state index contributed by atoms with van der Waals surface area (Å²) in [5, 5.41) is 2.79. The van der Waals surface area contributed by atoms with E-state index in [0.717, 1.165) is 109 Å². The molecule has 3 heterocycles. The first kappa shape index (κ1) is 27.4. The normalized spacial score (nSPS) is 20.2. The van der Waals surface area contributed by atoms with E-state index in [1.165, 1.54) is 0 Å². The van der Waals surface area contributed by atoms with Crippen molar-refractivity contribution in [2.45, 2.75) is 44.2 Å². The predicted octanol–water partition coefficient (Wildman–Crippen LogP) is 2.00. The SMILES string of the molecule is C=C(OCC(=O)N1CCN(C2CCOCC2)CC1)N1CCC(N(C)CCc2ccccc2NC=O)CC1. The number of likely N-dealkylation sites (tertiary alicyclic amines) is 1. The zero-order valence-corrected chi connectivity index (χ0v) is 22.3. The fraction of sp³-hybridized carbons (Fsp3) is 0.643. The molecule has 0 spiro atoms. The highest BCUT2D eigenvalue weighted by molar-refractivity contribution is 5.77. The molecule has 0 radical (unpaired) electrons. The molecule has 0 atom stereocenters. The Hall–Kier alpha value is -2.62. The Morgan fingerprint density at radius 1 is 1.08 bits per heavy atom. The number of amides is 2. The third-order valence-corrected chi connectivity index (χ3v) is 8.14. The molecule has 204 valence electrons. The second-order valence-corrected chi connectivity index (χ2v) is 10.3. The van der Waals surface area contributed by atoms with Gasteiger partial charge in [-0.15, -0.1) is 0 Å². The Morgan fingerprint density at radius 2 is 1.78 bits per heavy atom. The van der Waals surface area contributed by atoms with Crippen LogP contribution in [0, 0.1) is 0 Å². The maximum Gasteiger partial charge on any atom is 0.260 e. The van der Waals surface area contributed by atoms with Crippen LogP contribution in [0.2, 0.25) is 0 Å². The van der Waals surface area contributed by atoms with E-state index in [1.54, 1.807) is 0 Å². The number of para-hydroxylation sites is 1. The molecule has 1 aromatic rings. The molecule has 1 N–H and O–H groups in total. The maximum absolute atomic E-state index is 12.7. The number of likely N-dealkylation sites (N-methyl/N-ethyl adjacent to an activating group) is 1. The first-order valence-corrected chi connectivity index (χ1v) is 13.7. The van der Waals surface area contributed by atoms with E-state index in [9.17, 15) is 9.59 Å². The molecular formula is C28H43N5O4. The number of piperazine rings is 1. The number of piperidine rings is 1. The number of ether oxygens (including phenoxy) is 2. The van der Waals surface area contributed by atoms with Gasteiger partial charge in [0.15, 0.2) is 12.5 Å². The van der Waals surface area contributed by atoms with Crippen molar-refractivity contribution >= 4 is 18.0 Å². The quantitative estimate of drug-likeness (QED) is 0.358. The first-order chi connectivity index (χ1) is 18.0. The highest BCUT2D eigenvalue weighted by Gasteiger charge is 2.28. The van der Waals surface area contributed by atoms with Gasteiger partial charge in [-0.05, 0) is 57.4 Å². The van der Waals surface area contributed by atoms with Crippen LogP contribution in [-0.2, 0) is 25.5 Å². The summed E-state index contributed by atoms with van der Waals surface area (Å²) in [5.74, 6) is 0.649. The Morgan fingerprint density at radius 3 is 2.49 bits per heavy atom. The molecule has 0 unspecified atom stereocenters. The topological polar surface area (TPSA) is 77.6 Å². The summed E-state index contributed by atoms with van der Waals surface area (Å²) in [5.41, 5.74) is 2.03. The number of hydrogen-bond acceptors (Lipinski definition) is 7. The lowest BCUT2D eigenvalue weighted by molar-refractivity contribution is -0.138. The van der Waals surface area contributed by atoms with Gasteiger partial charge in [-0.2, -0.15) is 0 Å². The number of nitrogens with one attached hydrogen (secondary N) is 1. The van der Waals surface area contributed by atoms with Crippen LogP contribution in [-0.4, -0.2) is 117 Å². The monoisotopic (exact) mass is 513 g/mol. The highest BCUT2D eigenvalue weighted by Crippen LogP contribution is 2.21. The molecule has 37 heavy (non-hydrogen) atoms. The minimum Gasteiger partial charge on any atom is -0.470 e. The van der Waals surface area contributed by atoms with Crippen molar-refractivity contribution in [1.29, 1.82) is 0 Å². The van der Waals surface area contributed by atoms with E-state index in [-0.39, 0.29) is 12.5 Å². The molecule has 3 saturated heterocycles. The highest BCUT2D eigenvalue weighted by atomic mass is 16.5. The molecule has 3 fully saturated rings. The maximum atomic E-state index is 12.7. The van der Waals surface area contributed by atoms with Gasteiger partial charge < -0.3 is 29.5 Å². The Kier molecular flexibility index (Phi) is 10.2. The van der Waals surface area contributed by atoms with Gasteiger partial charge >= 0.3 is 0 Å². The minimum absolute atomic E-state index is 0.0479. The average Bonchev–Trinajstić information content (AvgIpc) is 2.96. The van der Waals surface area contributed by atoms with Crippen molar-refractivity contribution in [2.75, 3.05) is 78.0 Å². The smallest absolute Gasteiger partial charge is 0.260 e. The second-order valence-electron chi connectivity index (χ2n) is 10.3. The van der Waals surface area contributed by atoms with Crippen molar-refractivity contribution in [3.05, 3.63) is 42.3 Å². The molecule has 0 aromatic heterocycles. The van der Waals surface area contributed by atoms with Gasteiger partial charge in [0, 0.05) is 76.8 Å². The fourth-order valence-corrected chi connectivity index (χ4v) is 5.69. The van der Waals surface area contributed by atoms with Crippen LogP contribution in [0.1, 0.15) is 31.2 Å². The summed E-state index contributed by atoms with van der Waals surface area (Å²) in [6, 6.07) is 9.03. The van der Waals surface area contributed by atoms with Gasteiger partial charge in [0.2, 0.25) is 6.41 Å². The zero-order chi connectivity index (χ0) is 26.0. The van der Waals surface area contributed by atoms with Crippen LogP contribution in [0.4, 0.5) is 5.69 Å². The second kappa shape index (κ2) is 13.8. The van der Waals surface area contributed by atoms with E-state index in [0.29, 0.717) is 18.0 Å². The fourth-order valence-electron chi connectivity index (χ4n) is 5.69. The number of hydrogen-bond donors (Lipinski definition) is 1. The Bertz CT molecular complexity index is 890. The summed E-state index contributed by atoms with van der Waals surface area (Å²) in [6.07, 6.45) is 5.85. The molecule has 3 aliphatic rings. The van der Waals surface area contributed by atoms with E-state index < -0.39 is 0 Å². The van der Waals surface area contributed by atoms with E-state index >= 15 is 0 Å². The van der Waals surface area contributed by atoms with Crippen LogP contribution in [0.25, 0.3) is 0 Å². The summed E-state index contributed by atoms with van der Waals surface area (Å²) in [7, 11) is 2.17. The van der Waals surface area contributed by atoms with E-state index in [2.05, 4.69) is 39.7 Å². The van der Waals surface area contributed by atoms with Crippen molar-refractivity contribution < 1.29 is 19.1 Å². The Balaban J connectivity index is 1.12. The van der Waals surface area contributed by atoms with Gasteiger partial charge in [0.1, 0.15) is 0 Å². The van der Waals surface area contributed by atoms with Crippen LogP contribution in [0.3, 0.4) is 0 Å². The standard InChI is InChI=1S/C28H43N5O4/c1-23(37-21-28(35)33-17-15-32(16-18-33)26-10-19-36-20-11-26)31-13-8-25(9-14-31)30(2)12-7-24-5-3-4-6-27(24)29-22-34/h3-6,22,25-26H,1,7-21H2,2H3,(H,29,34). The summed E-state index contributed by atoms with van der Waals surface area (Å²) >= 11 is 0. The Labute approximate surface area is 221 Å². The van der Waals surface area contributed by atoms with Crippen LogP contribution in [0.15, 0.2) is 36.7 Å². The lowest BCUT2D eigenvalue weighted by Gasteiger charge is -2.41. The molecule has 0 saturated carbocycles. The van der Waals surface area contributed by atoms with Crippen LogP contribution in [0.5, 0.6) is 0 Å². The number of benzene rings is 1.